The van der Waals surface area contributed by atoms with Crippen molar-refractivity contribution in [2.75, 3.05) is 5.32 Å². The van der Waals surface area contributed by atoms with Crippen LogP contribution >= 0.6 is 23.2 Å². The lowest BCUT2D eigenvalue weighted by atomic mass is 9.62. The fourth-order valence-electron chi connectivity index (χ4n) is 5.12. The average Bonchev–Trinajstić information content (AvgIpc) is 3.12. The lowest BCUT2D eigenvalue weighted by molar-refractivity contribution is -0.139. The van der Waals surface area contributed by atoms with Gasteiger partial charge in [-0.2, -0.15) is 0 Å². The standard InChI is InChI=1S/C23H23Cl2FN2O3/c1-22(2,3)10-17-23(13-8-15(26)14(25)9-16(13)27-21(23)31)18(19(28-17)20(29)30)11-5-4-6-12(24)7-11/h4-9,17-19,28H,10H2,1-3H3,(H,27,31)(H,29,30). The summed E-state index contributed by atoms with van der Waals surface area (Å²) in [6, 6.07) is 7.85. The van der Waals surface area contributed by atoms with Crippen LogP contribution in [0.2, 0.25) is 10.0 Å². The molecule has 31 heavy (non-hydrogen) atoms. The van der Waals surface area contributed by atoms with Crippen LogP contribution in [0.3, 0.4) is 0 Å². The molecule has 1 spiro atoms. The normalized spacial score (nSPS) is 27.4. The predicted octanol–water partition coefficient (Wildman–Crippen LogP) is 4.97. The number of halogens is 3. The Bertz CT molecular complexity index is 1080. The van der Waals surface area contributed by atoms with Gasteiger partial charge >= 0.3 is 5.97 Å². The van der Waals surface area contributed by atoms with Crippen LogP contribution in [0.5, 0.6) is 0 Å². The first-order chi connectivity index (χ1) is 14.4. The highest BCUT2D eigenvalue weighted by atomic mass is 35.5. The molecule has 1 amide bonds. The third kappa shape index (κ3) is 3.51. The molecule has 164 valence electrons. The Balaban J connectivity index is 2.03. The molecule has 2 heterocycles. The summed E-state index contributed by atoms with van der Waals surface area (Å²) < 4.78 is 14.6. The lowest BCUT2D eigenvalue weighted by Crippen LogP contribution is -2.49. The van der Waals surface area contributed by atoms with Crippen LogP contribution < -0.4 is 10.6 Å². The minimum absolute atomic E-state index is 0.108. The largest absolute Gasteiger partial charge is 0.480 e. The third-order valence-electron chi connectivity index (χ3n) is 6.17. The van der Waals surface area contributed by atoms with E-state index in [4.69, 9.17) is 23.2 Å². The first-order valence-corrected chi connectivity index (χ1v) is 10.8. The van der Waals surface area contributed by atoms with E-state index in [2.05, 4.69) is 10.6 Å². The number of carboxylic acids is 1. The molecule has 4 rings (SSSR count). The van der Waals surface area contributed by atoms with Crippen LogP contribution in [0.1, 0.15) is 44.2 Å². The molecule has 2 aliphatic heterocycles. The molecule has 2 aliphatic rings. The van der Waals surface area contributed by atoms with Crippen molar-refractivity contribution in [1.29, 1.82) is 0 Å². The summed E-state index contributed by atoms with van der Waals surface area (Å²) >= 11 is 12.2. The maximum atomic E-state index is 14.6. The van der Waals surface area contributed by atoms with Gasteiger partial charge in [0.25, 0.3) is 0 Å². The summed E-state index contributed by atoms with van der Waals surface area (Å²) in [5.41, 5.74) is -0.167. The van der Waals surface area contributed by atoms with Crippen molar-refractivity contribution in [3.8, 4) is 0 Å². The van der Waals surface area contributed by atoms with E-state index >= 15 is 0 Å². The fourth-order valence-corrected chi connectivity index (χ4v) is 5.48. The van der Waals surface area contributed by atoms with E-state index in [0.717, 1.165) is 0 Å². The topological polar surface area (TPSA) is 78.4 Å². The molecular weight excluding hydrogens is 442 g/mol. The summed E-state index contributed by atoms with van der Waals surface area (Å²) in [6.45, 7) is 6.04. The summed E-state index contributed by atoms with van der Waals surface area (Å²) in [5, 5.41) is 16.4. The molecule has 3 N–H and O–H groups in total. The number of benzene rings is 2. The van der Waals surface area contributed by atoms with Crippen molar-refractivity contribution in [3.05, 3.63) is 63.4 Å². The first kappa shape index (κ1) is 22.1. The van der Waals surface area contributed by atoms with Crippen molar-refractivity contribution in [2.45, 2.75) is 50.6 Å². The second-order valence-electron chi connectivity index (χ2n) is 9.47. The van der Waals surface area contributed by atoms with E-state index in [0.29, 0.717) is 28.3 Å². The highest BCUT2D eigenvalue weighted by Gasteiger charge is 2.66. The Kier molecular flexibility index (Phi) is 5.31. The lowest BCUT2D eigenvalue weighted by Gasteiger charge is -2.37. The number of carboxylic acid groups (broad SMARTS) is 1. The molecule has 1 saturated heterocycles. The van der Waals surface area contributed by atoms with Gasteiger partial charge in [-0.3, -0.25) is 14.9 Å². The zero-order valence-electron chi connectivity index (χ0n) is 17.3. The number of anilines is 1. The minimum atomic E-state index is -1.35. The van der Waals surface area contributed by atoms with Crippen LogP contribution in [0.4, 0.5) is 10.1 Å². The van der Waals surface area contributed by atoms with E-state index in [1.807, 2.05) is 20.8 Å². The van der Waals surface area contributed by atoms with Crippen molar-refractivity contribution in [3.63, 3.8) is 0 Å². The van der Waals surface area contributed by atoms with Crippen LogP contribution in [0, 0.1) is 11.2 Å². The van der Waals surface area contributed by atoms with Gasteiger partial charge in [0.1, 0.15) is 17.3 Å². The molecule has 0 bridgehead atoms. The molecule has 1 fully saturated rings. The maximum Gasteiger partial charge on any atom is 0.321 e. The van der Waals surface area contributed by atoms with E-state index in [1.54, 1.807) is 24.3 Å². The smallest absolute Gasteiger partial charge is 0.321 e. The van der Waals surface area contributed by atoms with Gasteiger partial charge in [-0.15, -0.1) is 0 Å². The van der Waals surface area contributed by atoms with Gasteiger partial charge in [-0.1, -0.05) is 56.1 Å². The predicted molar refractivity (Wildman–Crippen MR) is 118 cm³/mol. The Labute approximate surface area is 189 Å². The van der Waals surface area contributed by atoms with E-state index in [1.165, 1.54) is 12.1 Å². The van der Waals surface area contributed by atoms with Gasteiger partial charge in [0.05, 0.1) is 5.02 Å². The fraction of sp³-hybridized carbons (Fsp3) is 0.391. The number of carbonyl (C=O) groups excluding carboxylic acids is 1. The highest BCUT2D eigenvalue weighted by molar-refractivity contribution is 6.31. The molecule has 4 unspecified atom stereocenters. The number of hydrogen-bond acceptors (Lipinski definition) is 3. The maximum absolute atomic E-state index is 14.6. The zero-order chi connectivity index (χ0) is 22.7. The Morgan fingerprint density at radius 3 is 2.55 bits per heavy atom. The molecule has 0 aliphatic carbocycles. The number of carbonyl (C=O) groups is 2. The van der Waals surface area contributed by atoms with Crippen LogP contribution in [-0.4, -0.2) is 29.1 Å². The summed E-state index contributed by atoms with van der Waals surface area (Å²) in [6.07, 6.45) is 0.491. The minimum Gasteiger partial charge on any atom is -0.480 e. The van der Waals surface area contributed by atoms with Gasteiger partial charge in [0.2, 0.25) is 5.91 Å². The van der Waals surface area contributed by atoms with E-state index in [9.17, 15) is 19.1 Å². The van der Waals surface area contributed by atoms with E-state index in [-0.39, 0.29) is 16.3 Å². The average molecular weight is 465 g/mol. The third-order valence-corrected chi connectivity index (χ3v) is 6.70. The van der Waals surface area contributed by atoms with Crippen molar-refractivity contribution in [2.24, 2.45) is 5.41 Å². The quantitative estimate of drug-likeness (QED) is 0.599. The van der Waals surface area contributed by atoms with Gasteiger partial charge in [-0.05, 0) is 47.2 Å². The Morgan fingerprint density at radius 2 is 1.94 bits per heavy atom. The van der Waals surface area contributed by atoms with Gasteiger partial charge in [0.15, 0.2) is 0 Å². The Morgan fingerprint density at radius 1 is 1.23 bits per heavy atom. The van der Waals surface area contributed by atoms with Crippen molar-refractivity contribution in [1.82, 2.24) is 5.32 Å². The van der Waals surface area contributed by atoms with Gasteiger partial charge in [0, 0.05) is 22.7 Å². The number of aliphatic carboxylic acids is 1. The highest BCUT2D eigenvalue weighted by Crippen LogP contribution is 2.57. The number of hydrogen-bond donors (Lipinski definition) is 3. The van der Waals surface area contributed by atoms with Crippen molar-refractivity contribution >= 4 is 40.8 Å². The number of fused-ring (bicyclic) bond motifs is 2. The molecule has 2 aromatic carbocycles. The molecule has 5 nitrogen and oxygen atoms in total. The number of amides is 1. The number of nitrogens with one attached hydrogen (secondary N) is 2. The van der Waals surface area contributed by atoms with E-state index < -0.39 is 35.2 Å². The molecule has 0 radical (unpaired) electrons. The zero-order valence-corrected chi connectivity index (χ0v) is 18.8. The Hall–Kier alpha value is -2.15. The SMILES string of the molecule is CC(C)(C)CC1NC(C(=O)O)C(c2cccc(Cl)c2)C12C(=O)Nc1cc(Cl)c(F)cc12. The molecule has 0 saturated carbocycles. The monoisotopic (exact) mass is 464 g/mol. The summed E-state index contributed by atoms with van der Waals surface area (Å²) in [5.74, 6) is -2.93. The molecule has 0 aromatic heterocycles. The van der Waals surface area contributed by atoms with Crippen LogP contribution in [0.15, 0.2) is 36.4 Å². The van der Waals surface area contributed by atoms with Gasteiger partial charge < -0.3 is 10.4 Å². The van der Waals surface area contributed by atoms with Crippen LogP contribution in [-0.2, 0) is 15.0 Å². The molecular formula is C23H23Cl2FN2O3. The van der Waals surface area contributed by atoms with Crippen molar-refractivity contribution < 1.29 is 19.1 Å². The van der Waals surface area contributed by atoms with Crippen LogP contribution in [0.25, 0.3) is 0 Å². The summed E-state index contributed by atoms with van der Waals surface area (Å²) in [4.78, 5) is 26.0. The molecule has 8 heteroatoms. The second-order valence-corrected chi connectivity index (χ2v) is 10.3. The van der Waals surface area contributed by atoms with Gasteiger partial charge in [-0.25, -0.2) is 4.39 Å². The first-order valence-electron chi connectivity index (χ1n) is 10.0. The summed E-state index contributed by atoms with van der Waals surface area (Å²) in [7, 11) is 0. The second kappa shape index (κ2) is 7.47. The number of rotatable bonds is 3. The molecule has 4 atom stereocenters. The molecule has 2 aromatic rings.